The average molecular weight is 401 g/mol. The summed E-state index contributed by atoms with van der Waals surface area (Å²) in [7, 11) is 0. The van der Waals surface area contributed by atoms with Gasteiger partial charge >= 0.3 is 5.97 Å². The first-order valence-corrected chi connectivity index (χ1v) is 9.44. The number of hydrogen-bond donors (Lipinski definition) is 1. The van der Waals surface area contributed by atoms with E-state index in [1.54, 1.807) is 47.4 Å². The van der Waals surface area contributed by atoms with Crippen LogP contribution in [0.15, 0.2) is 48.5 Å². The molecule has 2 aromatic rings. The first-order valence-electron chi connectivity index (χ1n) is 9.06. The Morgan fingerprint density at radius 2 is 1.71 bits per heavy atom. The third kappa shape index (κ3) is 5.10. The molecule has 1 fully saturated rings. The molecule has 3 rings (SSSR count). The van der Waals surface area contributed by atoms with Crippen molar-refractivity contribution in [1.29, 1.82) is 0 Å². The van der Waals surface area contributed by atoms with E-state index in [2.05, 4.69) is 5.32 Å². The van der Waals surface area contributed by atoms with Gasteiger partial charge in [-0.25, -0.2) is 0 Å². The second-order valence-corrected chi connectivity index (χ2v) is 7.10. The number of amides is 2. The van der Waals surface area contributed by atoms with Gasteiger partial charge in [0.15, 0.2) is 0 Å². The molecule has 0 bridgehead atoms. The number of carbonyl (C=O) groups excluding carboxylic acids is 3. The van der Waals surface area contributed by atoms with E-state index in [0.717, 1.165) is 0 Å². The topological polar surface area (TPSA) is 75.7 Å². The maximum absolute atomic E-state index is 12.5. The van der Waals surface area contributed by atoms with Crippen LogP contribution in [0.25, 0.3) is 0 Å². The molecule has 1 saturated heterocycles. The lowest BCUT2D eigenvalue weighted by Gasteiger charge is -2.32. The van der Waals surface area contributed by atoms with Crippen molar-refractivity contribution in [2.75, 3.05) is 13.1 Å². The van der Waals surface area contributed by atoms with Crippen LogP contribution in [0.5, 0.6) is 5.75 Å². The molecule has 2 amide bonds. The zero-order chi connectivity index (χ0) is 20.1. The molecule has 146 valence electrons. The van der Waals surface area contributed by atoms with Crippen molar-refractivity contribution in [3.05, 3.63) is 64.7 Å². The van der Waals surface area contributed by atoms with Gasteiger partial charge in [-0.2, -0.15) is 0 Å². The summed E-state index contributed by atoms with van der Waals surface area (Å²) in [5, 5.41) is 3.58. The van der Waals surface area contributed by atoms with Crippen LogP contribution in [0.1, 0.15) is 40.5 Å². The Morgan fingerprint density at radius 3 is 2.36 bits per heavy atom. The molecular formula is C21H21ClN2O4. The molecule has 6 nitrogen and oxygen atoms in total. The van der Waals surface area contributed by atoms with Crippen molar-refractivity contribution < 1.29 is 19.1 Å². The first kappa shape index (κ1) is 19.9. The number of piperidine rings is 1. The largest absolute Gasteiger partial charge is 0.427 e. The number of likely N-dealkylation sites (tertiary alicyclic amines) is 1. The highest BCUT2D eigenvalue weighted by molar-refractivity contribution is 6.30. The molecule has 0 aliphatic carbocycles. The zero-order valence-electron chi connectivity index (χ0n) is 15.5. The Morgan fingerprint density at radius 1 is 1.04 bits per heavy atom. The van der Waals surface area contributed by atoms with E-state index in [1.165, 1.54) is 13.0 Å². The molecular weight excluding hydrogens is 380 g/mol. The lowest BCUT2D eigenvalue weighted by atomic mass is 10.0. The fourth-order valence-electron chi connectivity index (χ4n) is 3.14. The van der Waals surface area contributed by atoms with Crippen molar-refractivity contribution in [3.8, 4) is 5.75 Å². The molecule has 1 N–H and O–H groups in total. The third-order valence-electron chi connectivity index (χ3n) is 4.57. The molecule has 0 atom stereocenters. The van der Waals surface area contributed by atoms with E-state index in [0.29, 0.717) is 47.8 Å². The van der Waals surface area contributed by atoms with Crippen molar-refractivity contribution >= 4 is 29.4 Å². The standard InChI is InChI=1S/C21H21ClN2O4/c1-14(25)28-19-4-2-3-16(13-19)20(26)23-18-9-11-24(12-10-18)21(27)15-5-7-17(22)8-6-15/h2-8,13,18H,9-12H2,1H3,(H,23,26). The molecule has 0 aromatic heterocycles. The Kier molecular flexibility index (Phi) is 6.31. The summed E-state index contributed by atoms with van der Waals surface area (Å²) in [4.78, 5) is 37.9. The number of hydrogen-bond acceptors (Lipinski definition) is 4. The van der Waals surface area contributed by atoms with Crippen molar-refractivity contribution in [2.45, 2.75) is 25.8 Å². The second-order valence-electron chi connectivity index (χ2n) is 6.67. The maximum Gasteiger partial charge on any atom is 0.308 e. The number of rotatable bonds is 4. The quantitative estimate of drug-likeness (QED) is 0.631. The number of carbonyl (C=O) groups is 3. The molecule has 7 heteroatoms. The van der Waals surface area contributed by atoms with E-state index < -0.39 is 5.97 Å². The van der Waals surface area contributed by atoms with E-state index in [-0.39, 0.29) is 17.9 Å². The van der Waals surface area contributed by atoms with Crippen LogP contribution in [0.2, 0.25) is 5.02 Å². The molecule has 0 saturated carbocycles. The molecule has 1 heterocycles. The van der Waals surface area contributed by atoms with Crippen LogP contribution in [0.4, 0.5) is 0 Å². The minimum absolute atomic E-state index is 0.0147. The van der Waals surface area contributed by atoms with Gasteiger partial charge in [0.05, 0.1) is 0 Å². The van der Waals surface area contributed by atoms with Gasteiger partial charge in [0.2, 0.25) is 0 Å². The Labute approximate surface area is 168 Å². The lowest BCUT2D eigenvalue weighted by molar-refractivity contribution is -0.131. The minimum Gasteiger partial charge on any atom is -0.427 e. The third-order valence-corrected chi connectivity index (χ3v) is 4.82. The Bertz CT molecular complexity index is 874. The van der Waals surface area contributed by atoms with Gasteiger partial charge in [0, 0.05) is 42.2 Å². The van der Waals surface area contributed by atoms with E-state index >= 15 is 0 Å². The maximum atomic E-state index is 12.5. The predicted octanol–water partition coefficient (Wildman–Crippen LogP) is 3.30. The summed E-state index contributed by atoms with van der Waals surface area (Å²) in [5.74, 6) is -0.356. The molecule has 2 aromatic carbocycles. The summed E-state index contributed by atoms with van der Waals surface area (Å²) in [5.41, 5.74) is 1.03. The zero-order valence-corrected chi connectivity index (χ0v) is 16.2. The summed E-state index contributed by atoms with van der Waals surface area (Å²) in [6.45, 7) is 2.45. The van der Waals surface area contributed by atoms with Crippen LogP contribution in [0, 0.1) is 0 Å². The number of ether oxygens (including phenoxy) is 1. The summed E-state index contributed by atoms with van der Waals surface area (Å²) >= 11 is 5.87. The second kappa shape index (κ2) is 8.89. The lowest BCUT2D eigenvalue weighted by Crippen LogP contribution is -2.46. The molecule has 28 heavy (non-hydrogen) atoms. The first-order chi connectivity index (χ1) is 13.4. The van der Waals surface area contributed by atoms with Crippen molar-refractivity contribution in [1.82, 2.24) is 10.2 Å². The molecule has 1 aliphatic heterocycles. The fourth-order valence-corrected chi connectivity index (χ4v) is 3.26. The highest BCUT2D eigenvalue weighted by Gasteiger charge is 2.25. The van der Waals surface area contributed by atoms with E-state index in [4.69, 9.17) is 16.3 Å². The molecule has 0 unspecified atom stereocenters. The van der Waals surface area contributed by atoms with Crippen LogP contribution in [-0.4, -0.2) is 41.8 Å². The van der Waals surface area contributed by atoms with Gasteiger partial charge in [-0.1, -0.05) is 17.7 Å². The average Bonchev–Trinajstić information content (AvgIpc) is 2.68. The minimum atomic E-state index is -0.435. The molecule has 0 spiro atoms. The van der Waals surface area contributed by atoms with Gasteiger partial charge in [0.25, 0.3) is 11.8 Å². The van der Waals surface area contributed by atoms with Crippen LogP contribution in [0.3, 0.4) is 0 Å². The normalized spacial score (nSPS) is 14.4. The smallest absolute Gasteiger partial charge is 0.308 e. The van der Waals surface area contributed by atoms with Crippen LogP contribution in [-0.2, 0) is 4.79 Å². The highest BCUT2D eigenvalue weighted by Crippen LogP contribution is 2.18. The van der Waals surface area contributed by atoms with Gasteiger partial charge in [0.1, 0.15) is 5.75 Å². The molecule has 0 radical (unpaired) electrons. The van der Waals surface area contributed by atoms with Gasteiger partial charge < -0.3 is 15.0 Å². The summed E-state index contributed by atoms with van der Waals surface area (Å²) < 4.78 is 5.01. The van der Waals surface area contributed by atoms with E-state index in [9.17, 15) is 14.4 Å². The Hall–Kier alpha value is -2.86. The monoisotopic (exact) mass is 400 g/mol. The van der Waals surface area contributed by atoms with E-state index in [1.807, 2.05) is 0 Å². The van der Waals surface area contributed by atoms with Crippen LogP contribution >= 0.6 is 11.6 Å². The highest BCUT2D eigenvalue weighted by atomic mass is 35.5. The number of esters is 1. The summed E-state index contributed by atoms with van der Waals surface area (Å²) in [6, 6.07) is 13.3. The number of benzene rings is 2. The number of nitrogens with zero attached hydrogens (tertiary/aromatic N) is 1. The Balaban J connectivity index is 1.54. The number of halogens is 1. The predicted molar refractivity (Wildman–Crippen MR) is 106 cm³/mol. The fraction of sp³-hybridized carbons (Fsp3) is 0.286. The number of nitrogens with one attached hydrogen (secondary N) is 1. The summed E-state index contributed by atoms with van der Waals surface area (Å²) in [6.07, 6.45) is 1.35. The van der Waals surface area contributed by atoms with Gasteiger partial charge in [-0.15, -0.1) is 0 Å². The van der Waals surface area contributed by atoms with Crippen molar-refractivity contribution in [3.63, 3.8) is 0 Å². The van der Waals surface area contributed by atoms with Crippen molar-refractivity contribution in [2.24, 2.45) is 0 Å². The van der Waals surface area contributed by atoms with Gasteiger partial charge in [-0.3, -0.25) is 14.4 Å². The SMILES string of the molecule is CC(=O)Oc1cccc(C(=O)NC2CCN(C(=O)c3ccc(Cl)cc3)CC2)c1. The molecule has 1 aliphatic rings. The van der Waals surface area contributed by atoms with Crippen LogP contribution < -0.4 is 10.1 Å². The van der Waals surface area contributed by atoms with Gasteiger partial charge in [-0.05, 0) is 55.3 Å².